The maximum Gasteiger partial charge on any atom is 0.233 e. The van der Waals surface area contributed by atoms with Crippen LogP contribution in [0, 0.1) is 5.92 Å². The lowest BCUT2D eigenvalue weighted by Gasteiger charge is -2.21. The number of thioether (sulfide) groups is 1. The molecule has 2 aliphatic carbocycles. The Balaban J connectivity index is 1.25. The number of benzene rings is 1. The number of furan rings is 1. The van der Waals surface area contributed by atoms with Crippen LogP contribution in [0.3, 0.4) is 0 Å². The highest BCUT2D eigenvalue weighted by Crippen LogP contribution is 2.47. The molecule has 1 aromatic carbocycles. The average Bonchev–Trinajstić information content (AvgIpc) is 3.66. The number of hydrogen-bond donors (Lipinski definition) is 0. The summed E-state index contributed by atoms with van der Waals surface area (Å²) in [6, 6.07) is 12.7. The van der Waals surface area contributed by atoms with Gasteiger partial charge in [0.25, 0.3) is 0 Å². The van der Waals surface area contributed by atoms with Crippen LogP contribution in [0.25, 0.3) is 5.69 Å². The molecular formula is C24H28N4O2S. The molecule has 0 saturated heterocycles. The average molecular weight is 437 g/mol. The molecule has 2 unspecified atom stereocenters. The fourth-order valence-corrected chi connectivity index (χ4v) is 4.92. The van der Waals surface area contributed by atoms with Crippen molar-refractivity contribution in [3.05, 3.63) is 59.8 Å². The highest BCUT2D eigenvalue weighted by atomic mass is 32.2. The molecule has 2 atom stereocenters. The molecule has 6 nitrogen and oxygen atoms in total. The van der Waals surface area contributed by atoms with Gasteiger partial charge in [-0.1, -0.05) is 43.8 Å². The van der Waals surface area contributed by atoms with Crippen LogP contribution in [0.1, 0.15) is 56.1 Å². The Kier molecular flexibility index (Phi) is 5.61. The number of para-hydroxylation sites is 1. The van der Waals surface area contributed by atoms with E-state index in [2.05, 4.69) is 42.2 Å². The van der Waals surface area contributed by atoms with Crippen LogP contribution in [0.15, 0.2) is 52.3 Å². The molecule has 2 heterocycles. The van der Waals surface area contributed by atoms with E-state index < -0.39 is 0 Å². The third-order valence-electron chi connectivity index (χ3n) is 6.26. The van der Waals surface area contributed by atoms with Crippen molar-refractivity contribution in [2.75, 3.05) is 5.75 Å². The number of carbonyl (C=O) groups excluding carboxylic acids is 1. The van der Waals surface area contributed by atoms with Crippen molar-refractivity contribution in [1.29, 1.82) is 0 Å². The van der Waals surface area contributed by atoms with E-state index in [-0.39, 0.29) is 5.91 Å². The largest absolute Gasteiger partial charge is 0.464 e. The Morgan fingerprint density at radius 1 is 1.26 bits per heavy atom. The first-order chi connectivity index (χ1) is 15.1. The van der Waals surface area contributed by atoms with Gasteiger partial charge in [0, 0.05) is 12.0 Å². The number of carbonyl (C=O) groups is 1. The van der Waals surface area contributed by atoms with Gasteiger partial charge in [-0.05, 0) is 55.4 Å². The zero-order valence-electron chi connectivity index (χ0n) is 18.0. The van der Waals surface area contributed by atoms with Crippen LogP contribution in [0.4, 0.5) is 0 Å². The molecule has 162 valence electrons. The summed E-state index contributed by atoms with van der Waals surface area (Å²) in [5.74, 6) is 3.71. The molecule has 1 amide bonds. The fraction of sp³-hybridized carbons (Fsp3) is 0.458. The second-order valence-corrected chi connectivity index (χ2v) is 9.57. The number of nitrogens with zero attached hydrogens (tertiary/aromatic N) is 4. The standard InChI is InChI=1S/C24H28N4O2S/c1-3-17-6-4-5-7-21(17)28-15-25-26-24(28)31-14-23(29)27(18-8-9-18)13-19-10-11-22(30-19)20-12-16(20)2/h4-7,10-11,15-16,18,20H,3,8-9,12-14H2,1-2H3. The van der Waals surface area contributed by atoms with Crippen molar-refractivity contribution in [2.24, 2.45) is 5.92 Å². The zero-order chi connectivity index (χ0) is 21.4. The summed E-state index contributed by atoms with van der Waals surface area (Å²) in [4.78, 5) is 15.1. The molecule has 2 saturated carbocycles. The SMILES string of the molecule is CCc1ccccc1-n1cnnc1SCC(=O)N(Cc1ccc(C2CC2C)o1)C1CC1. The lowest BCUT2D eigenvalue weighted by Crippen LogP contribution is -2.33. The summed E-state index contributed by atoms with van der Waals surface area (Å²) in [7, 11) is 0. The van der Waals surface area contributed by atoms with E-state index in [4.69, 9.17) is 4.42 Å². The van der Waals surface area contributed by atoms with Crippen LogP contribution in [0.5, 0.6) is 0 Å². The van der Waals surface area contributed by atoms with Crippen molar-refractivity contribution >= 4 is 17.7 Å². The summed E-state index contributed by atoms with van der Waals surface area (Å²) >= 11 is 1.45. The van der Waals surface area contributed by atoms with Gasteiger partial charge in [-0.25, -0.2) is 0 Å². The molecule has 0 spiro atoms. The van der Waals surface area contributed by atoms with Gasteiger partial charge in [0.1, 0.15) is 17.8 Å². The van der Waals surface area contributed by atoms with Crippen molar-refractivity contribution < 1.29 is 9.21 Å². The minimum atomic E-state index is 0.128. The number of rotatable bonds is 9. The van der Waals surface area contributed by atoms with Crippen molar-refractivity contribution in [1.82, 2.24) is 19.7 Å². The summed E-state index contributed by atoms with van der Waals surface area (Å²) in [6.45, 7) is 4.94. The zero-order valence-corrected chi connectivity index (χ0v) is 18.8. The smallest absolute Gasteiger partial charge is 0.233 e. The summed E-state index contributed by atoms with van der Waals surface area (Å²) in [5.41, 5.74) is 2.30. The second kappa shape index (κ2) is 8.54. The van der Waals surface area contributed by atoms with Gasteiger partial charge in [-0.3, -0.25) is 9.36 Å². The molecule has 3 aromatic rings. The lowest BCUT2D eigenvalue weighted by molar-refractivity contribution is -0.129. The number of aryl methyl sites for hydroxylation is 1. The van der Waals surface area contributed by atoms with Gasteiger partial charge in [-0.15, -0.1) is 10.2 Å². The molecule has 2 aliphatic rings. The van der Waals surface area contributed by atoms with Gasteiger partial charge >= 0.3 is 0 Å². The topological polar surface area (TPSA) is 64.2 Å². The summed E-state index contributed by atoms with van der Waals surface area (Å²) in [6.07, 6.45) is 6.00. The summed E-state index contributed by atoms with van der Waals surface area (Å²) in [5, 5.41) is 9.11. The predicted molar refractivity (Wildman–Crippen MR) is 120 cm³/mol. The quantitative estimate of drug-likeness (QED) is 0.450. The van der Waals surface area contributed by atoms with Crippen LogP contribution >= 0.6 is 11.8 Å². The van der Waals surface area contributed by atoms with Gasteiger partial charge in [-0.2, -0.15) is 0 Å². The van der Waals surface area contributed by atoms with E-state index in [1.165, 1.54) is 23.7 Å². The van der Waals surface area contributed by atoms with Gasteiger partial charge in [0.15, 0.2) is 5.16 Å². The van der Waals surface area contributed by atoms with E-state index in [0.29, 0.717) is 30.2 Å². The molecule has 5 rings (SSSR count). The molecule has 0 aliphatic heterocycles. The van der Waals surface area contributed by atoms with Gasteiger partial charge < -0.3 is 9.32 Å². The first-order valence-electron chi connectivity index (χ1n) is 11.1. The van der Waals surface area contributed by atoms with Crippen molar-refractivity contribution in [3.63, 3.8) is 0 Å². The third-order valence-corrected chi connectivity index (χ3v) is 7.19. The first kappa shape index (κ1) is 20.4. The molecule has 2 aromatic heterocycles. The van der Waals surface area contributed by atoms with Crippen molar-refractivity contribution in [2.45, 2.75) is 63.2 Å². The third kappa shape index (κ3) is 4.42. The normalized spacial score (nSPS) is 20.1. The molecule has 7 heteroatoms. The number of aromatic nitrogens is 3. The number of amides is 1. The maximum atomic E-state index is 13.1. The maximum absolute atomic E-state index is 13.1. The lowest BCUT2D eigenvalue weighted by atomic mass is 10.1. The van der Waals surface area contributed by atoms with E-state index in [1.807, 2.05) is 27.7 Å². The van der Waals surface area contributed by atoms with Gasteiger partial charge in [0.05, 0.1) is 18.0 Å². The minimum absolute atomic E-state index is 0.128. The van der Waals surface area contributed by atoms with Crippen LogP contribution in [-0.2, 0) is 17.8 Å². The monoisotopic (exact) mass is 436 g/mol. The molecule has 31 heavy (non-hydrogen) atoms. The van der Waals surface area contributed by atoms with E-state index in [9.17, 15) is 4.79 Å². The van der Waals surface area contributed by atoms with E-state index >= 15 is 0 Å². The van der Waals surface area contributed by atoms with Crippen LogP contribution in [-0.4, -0.2) is 37.4 Å². The van der Waals surface area contributed by atoms with E-state index in [0.717, 1.165) is 41.6 Å². The van der Waals surface area contributed by atoms with Gasteiger partial charge in [0.2, 0.25) is 5.91 Å². The Morgan fingerprint density at radius 2 is 2.06 bits per heavy atom. The highest BCUT2D eigenvalue weighted by molar-refractivity contribution is 7.99. The Labute approximate surface area is 187 Å². The van der Waals surface area contributed by atoms with Crippen LogP contribution < -0.4 is 0 Å². The predicted octanol–water partition coefficient (Wildman–Crippen LogP) is 4.83. The Hall–Kier alpha value is -2.54. The molecule has 2 fully saturated rings. The van der Waals surface area contributed by atoms with Crippen LogP contribution in [0.2, 0.25) is 0 Å². The Bertz CT molecular complexity index is 1070. The number of hydrogen-bond acceptors (Lipinski definition) is 5. The first-order valence-corrected chi connectivity index (χ1v) is 12.1. The fourth-order valence-electron chi connectivity index (χ4n) is 4.11. The highest BCUT2D eigenvalue weighted by Gasteiger charge is 2.37. The molecule has 0 radical (unpaired) electrons. The summed E-state index contributed by atoms with van der Waals surface area (Å²) < 4.78 is 8.04. The molecular weight excluding hydrogens is 408 g/mol. The van der Waals surface area contributed by atoms with Crippen molar-refractivity contribution in [3.8, 4) is 5.69 Å². The Morgan fingerprint density at radius 3 is 2.81 bits per heavy atom. The second-order valence-electron chi connectivity index (χ2n) is 8.63. The minimum Gasteiger partial charge on any atom is -0.464 e. The van der Waals surface area contributed by atoms with E-state index in [1.54, 1.807) is 6.33 Å². The molecule has 0 N–H and O–H groups in total. The molecule has 0 bridgehead atoms.